The van der Waals surface area contributed by atoms with Gasteiger partial charge in [-0.1, -0.05) is 12.2 Å². The van der Waals surface area contributed by atoms with Crippen LogP contribution in [0.25, 0.3) is 0 Å². The summed E-state index contributed by atoms with van der Waals surface area (Å²) in [5.41, 5.74) is 6.07. The average molecular weight is 265 g/mol. The van der Waals surface area contributed by atoms with Crippen molar-refractivity contribution in [3.8, 4) is 0 Å². The lowest BCUT2D eigenvalue weighted by Crippen LogP contribution is -2.28. The first kappa shape index (κ1) is 13.2. The second-order valence-corrected chi connectivity index (χ2v) is 5.36. The third-order valence-electron chi connectivity index (χ3n) is 3.30. The third kappa shape index (κ3) is 3.14. The molecule has 6 heteroatoms. The van der Waals surface area contributed by atoms with Crippen LogP contribution >= 0.6 is 12.2 Å². The summed E-state index contributed by atoms with van der Waals surface area (Å²) in [6, 6.07) is 0. The fraction of sp³-hybridized carbons (Fsp3) is 0.583. The maximum atomic E-state index is 5.50. The van der Waals surface area contributed by atoms with Crippen LogP contribution in [0.2, 0.25) is 0 Å². The Balaban J connectivity index is 1.96. The molecule has 0 aromatic carbocycles. The van der Waals surface area contributed by atoms with Crippen molar-refractivity contribution in [1.82, 2.24) is 14.9 Å². The number of thiocarbonyl (C=S) groups is 1. The summed E-state index contributed by atoms with van der Waals surface area (Å²) in [6.07, 6.45) is 4.61. The lowest BCUT2D eigenvalue weighted by Gasteiger charge is -2.21. The van der Waals surface area contributed by atoms with E-state index in [2.05, 4.69) is 26.8 Å². The molecule has 2 rings (SSSR count). The van der Waals surface area contributed by atoms with Gasteiger partial charge in [0.25, 0.3) is 0 Å². The molecule has 0 saturated carbocycles. The van der Waals surface area contributed by atoms with Gasteiger partial charge in [-0.3, -0.25) is 0 Å². The zero-order chi connectivity index (χ0) is 13.1. The summed E-state index contributed by atoms with van der Waals surface area (Å²) in [7, 11) is 4.21. The van der Waals surface area contributed by atoms with Crippen molar-refractivity contribution in [1.29, 1.82) is 0 Å². The Morgan fingerprint density at radius 2 is 2.33 bits per heavy atom. The van der Waals surface area contributed by atoms with E-state index in [1.807, 2.05) is 7.05 Å². The van der Waals surface area contributed by atoms with E-state index < -0.39 is 0 Å². The fourth-order valence-electron chi connectivity index (χ4n) is 2.30. The van der Waals surface area contributed by atoms with Crippen molar-refractivity contribution in [3.05, 3.63) is 18.1 Å². The summed E-state index contributed by atoms with van der Waals surface area (Å²) in [4.78, 5) is 13.3. The number of nitrogens with two attached hydrogens (primary N) is 1. The van der Waals surface area contributed by atoms with E-state index in [1.165, 1.54) is 13.0 Å². The molecule has 0 spiro atoms. The van der Waals surface area contributed by atoms with Gasteiger partial charge in [-0.05, 0) is 25.9 Å². The first-order chi connectivity index (χ1) is 8.56. The highest BCUT2D eigenvalue weighted by atomic mass is 32.1. The van der Waals surface area contributed by atoms with E-state index in [0.717, 1.165) is 18.9 Å². The van der Waals surface area contributed by atoms with Crippen LogP contribution < -0.4 is 10.6 Å². The van der Waals surface area contributed by atoms with Crippen LogP contribution in [0.4, 0.5) is 5.82 Å². The van der Waals surface area contributed by atoms with Crippen LogP contribution in [0.3, 0.4) is 0 Å². The minimum absolute atomic E-state index is 0.286. The van der Waals surface area contributed by atoms with Crippen LogP contribution in [0, 0.1) is 5.92 Å². The van der Waals surface area contributed by atoms with Crippen LogP contribution in [-0.4, -0.2) is 53.6 Å². The monoisotopic (exact) mass is 265 g/mol. The van der Waals surface area contributed by atoms with Crippen LogP contribution in [-0.2, 0) is 0 Å². The predicted octanol–water partition coefficient (Wildman–Crippen LogP) is 0.499. The number of anilines is 1. The standard InChI is InChI=1S/C12H19N5S/c1-16-4-3-9(7-16)8-17(2)11-6-14-10(5-15-11)12(13)18/h5-6,9H,3-4,7-8H2,1-2H3,(H2,13,18). The Morgan fingerprint density at radius 1 is 1.56 bits per heavy atom. The molecule has 18 heavy (non-hydrogen) atoms. The molecule has 0 amide bonds. The molecule has 0 radical (unpaired) electrons. The number of rotatable bonds is 4. The highest BCUT2D eigenvalue weighted by molar-refractivity contribution is 7.80. The van der Waals surface area contributed by atoms with Gasteiger partial charge in [0.15, 0.2) is 0 Å². The van der Waals surface area contributed by atoms with E-state index in [1.54, 1.807) is 12.4 Å². The molecule has 0 bridgehead atoms. The molecule has 1 aliphatic heterocycles. The zero-order valence-electron chi connectivity index (χ0n) is 10.8. The minimum Gasteiger partial charge on any atom is -0.388 e. The molecule has 2 heterocycles. The van der Waals surface area contributed by atoms with Crippen LogP contribution in [0.5, 0.6) is 0 Å². The molecule has 1 aromatic heterocycles. The van der Waals surface area contributed by atoms with Crippen molar-refractivity contribution in [2.75, 3.05) is 38.6 Å². The highest BCUT2D eigenvalue weighted by Gasteiger charge is 2.21. The Kier molecular flexibility index (Phi) is 4.08. The topological polar surface area (TPSA) is 58.3 Å². The number of nitrogens with zero attached hydrogens (tertiary/aromatic N) is 4. The maximum Gasteiger partial charge on any atom is 0.146 e. The molecule has 1 saturated heterocycles. The predicted molar refractivity (Wildman–Crippen MR) is 76.8 cm³/mol. The van der Waals surface area contributed by atoms with Gasteiger partial charge in [0, 0.05) is 20.1 Å². The first-order valence-corrected chi connectivity index (χ1v) is 6.48. The van der Waals surface area contributed by atoms with E-state index in [-0.39, 0.29) is 4.99 Å². The van der Waals surface area contributed by atoms with E-state index in [0.29, 0.717) is 11.6 Å². The first-order valence-electron chi connectivity index (χ1n) is 6.08. The molecule has 1 aromatic rings. The van der Waals surface area contributed by atoms with Gasteiger partial charge in [0.05, 0.1) is 12.4 Å². The van der Waals surface area contributed by atoms with Gasteiger partial charge in [0.1, 0.15) is 16.5 Å². The van der Waals surface area contributed by atoms with Gasteiger partial charge in [-0.15, -0.1) is 0 Å². The number of likely N-dealkylation sites (tertiary alicyclic amines) is 1. The number of aromatic nitrogens is 2. The van der Waals surface area contributed by atoms with E-state index in [9.17, 15) is 0 Å². The molecular formula is C12H19N5S. The Hall–Kier alpha value is -1.27. The van der Waals surface area contributed by atoms with Gasteiger partial charge in [-0.25, -0.2) is 9.97 Å². The zero-order valence-corrected chi connectivity index (χ0v) is 11.7. The lowest BCUT2D eigenvalue weighted by atomic mass is 10.1. The molecular weight excluding hydrogens is 246 g/mol. The summed E-state index contributed by atoms with van der Waals surface area (Å²) < 4.78 is 0. The van der Waals surface area contributed by atoms with Crippen LogP contribution in [0.1, 0.15) is 12.1 Å². The summed E-state index contributed by atoms with van der Waals surface area (Å²) in [6.45, 7) is 3.35. The van der Waals surface area contributed by atoms with Crippen molar-refractivity contribution < 1.29 is 0 Å². The Labute approximate surface area is 113 Å². The van der Waals surface area contributed by atoms with E-state index in [4.69, 9.17) is 18.0 Å². The molecule has 98 valence electrons. The largest absolute Gasteiger partial charge is 0.388 e. The van der Waals surface area contributed by atoms with Gasteiger partial charge < -0.3 is 15.5 Å². The molecule has 0 aliphatic carbocycles. The van der Waals surface area contributed by atoms with Crippen molar-refractivity contribution in [2.45, 2.75) is 6.42 Å². The summed E-state index contributed by atoms with van der Waals surface area (Å²) in [5, 5.41) is 0. The normalized spacial score (nSPS) is 20.0. The number of hydrogen-bond donors (Lipinski definition) is 1. The Bertz CT molecular complexity index is 419. The van der Waals surface area contributed by atoms with E-state index >= 15 is 0 Å². The SMILES string of the molecule is CN1CCC(CN(C)c2cnc(C(N)=S)cn2)C1. The smallest absolute Gasteiger partial charge is 0.146 e. The van der Waals surface area contributed by atoms with Gasteiger partial charge in [-0.2, -0.15) is 0 Å². The third-order valence-corrected chi connectivity index (χ3v) is 3.51. The second-order valence-electron chi connectivity index (χ2n) is 4.92. The molecule has 5 nitrogen and oxygen atoms in total. The summed E-state index contributed by atoms with van der Waals surface area (Å²) >= 11 is 4.86. The van der Waals surface area contributed by atoms with Crippen molar-refractivity contribution in [3.63, 3.8) is 0 Å². The molecule has 2 N–H and O–H groups in total. The quantitative estimate of drug-likeness (QED) is 0.800. The Morgan fingerprint density at radius 3 is 2.83 bits per heavy atom. The van der Waals surface area contributed by atoms with Crippen molar-refractivity contribution in [2.24, 2.45) is 11.7 Å². The van der Waals surface area contributed by atoms with Crippen LogP contribution in [0.15, 0.2) is 12.4 Å². The van der Waals surface area contributed by atoms with Gasteiger partial charge >= 0.3 is 0 Å². The molecule has 1 unspecified atom stereocenters. The fourth-order valence-corrected chi connectivity index (χ4v) is 2.41. The summed E-state index contributed by atoms with van der Waals surface area (Å²) in [5.74, 6) is 1.57. The maximum absolute atomic E-state index is 5.50. The number of hydrogen-bond acceptors (Lipinski definition) is 5. The minimum atomic E-state index is 0.286. The van der Waals surface area contributed by atoms with Gasteiger partial charge in [0.2, 0.25) is 0 Å². The second kappa shape index (κ2) is 5.58. The lowest BCUT2D eigenvalue weighted by molar-refractivity contribution is 0.395. The average Bonchev–Trinajstić information content (AvgIpc) is 2.75. The molecule has 1 aliphatic rings. The van der Waals surface area contributed by atoms with Crippen molar-refractivity contribution >= 4 is 23.0 Å². The molecule has 1 fully saturated rings. The highest BCUT2D eigenvalue weighted by Crippen LogP contribution is 2.17. The molecule has 1 atom stereocenters.